The summed E-state index contributed by atoms with van der Waals surface area (Å²) >= 11 is 1.71. The van der Waals surface area contributed by atoms with Crippen molar-refractivity contribution in [2.24, 2.45) is 12.0 Å². The van der Waals surface area contributed by atoms with Gasteiger partial charge < -0.3 is 10.3 Å². The van der Waals surface area contributed by atoms with Crippen molar-refractivity contribution in [2.45, 2.75) is 16.7 Å². The molecule has 0 spiro atoms. The Morgan fingerprint density at radius 3 is 2.79 bits per heavy atom. The molecule has 2 rings (SSSR count). The first-order valence-electron chi connectivity index (χ1n) is 5.95. The van der Waals surface area contributed by atoms with Crippen LogP contribution in [0, 0.1) is 6.92 Å². The van der Waals surface area contributed by atoms with Gasteiger partial charge in [-0.25, -0.2) is 4.99 Å². The second-order valence-corrected chi connectivity index (χ2v) is 5.39. The summed E-state index contributed by atoms with van der Waals surface area (Å²) in [6.07, 6.45) is 3.55. The molecule has 19 heavy (non-hydrogen) atoms. The highest BCUT2D eigenvalue weighted by molar-refractivity contribution is 7.99. The van der Waals surface area contributed by atoms with E-state index in [1.807, 2.05) is 42.1 Å². The molecule has 0 aliphatic rings. The Morgan fingerprint density at radius 2 is 2.11 bits per heavy atom. The standard InChI is InChI=1S/C15H17N3S/c1-4-17-15-10-13(7-8-18(15)3)19-14-6-5-12(16)9-11(14)2/h4-10H,1,16H2,2-3H3/b17-15-. The Morgan fingerprint density at radius 1 is 1.32 bits per heavy atom. The van der Waals surface area contributed by atoms with Crippen LogP contribution in [0.1, 0.15) is 5.56 Å². The third-order valence-corrected chi connectivity index (χ3v) is 3.91. The zero-order valence-electron chi connectivity index (χ0n) is 11.1. The lowest BCUT2D eigenvalue weighted by Gasteiger charge is -2.07. The molecule has 98 valence electrons. The highest BCUT2D eigenvalue weighted by atomic mass is 32.2. The first-order chi connectivity index (χ1) is 9.10. The predicted octanol–water partition coefficient (Wildman–Crippen LogP) is 3.11. The van der Waals surface area contributed by atoms with E-state index < -0.39 is 0 Å². The molecule has 0 aliphatic heterocycles. The van der Waals surface area contributed by atoms with Crippen LogP contribution in [0.2, 0.25) is 0 Å². The van der Waals surface area contributed by atoms with E-state index in [2.05, 4.69) is 24.6 Å². The van der Waals surface area contributed by atoms with Crippen LogP contribution in [-0.2, 0) is 7.05 Å². The molecule has 2 aromatic rings. The molecule has 3 nitrogen and oxygen atoms in total. The maximum atomic E-state index is 5.77. The molecule has 0 bridgehead atoms. The summed E-state index contributed by atoms with van der Waals surface area (Å²) in [5, 5.41) is 0. The van der Waals surface area contributed by atoms with Gasteiger partial charge in [-0.3, -0.25) is 0 Å². The van der Waals surface area contributed by atoms with E-state index in [1.165, 1.54) is 10.5 Å². The highest BCUT2D eigenvalue weighted by Crippen LogP contribution is 2.30. The van der Waals surface area contributed by atoms with Gasteiger partial charge in [0.25, 0.3) is 0 Å². The summed E-state index contributed by atoms with van der Waals surface area (Å²) in [6, 6.07) is 10.1. The third-order valence-electron chi connectivity index (χ3n) is 2.75. The van der Waals surface area contributed by atoms with Crippen molar-refractivity contribution in [1.82, 2.24) is 4.57 Å². The average Bonchev–Trinajstić information content (AvgIpc) is 2.37. The normalized spacial score (nSPS) is 11.6. The Labute approximate surface area is 117 Å². The summed E-state index contributed by atoms with van der Waals surface area (Å²) in [5.41, 5.74) is 8.62. The van der Waals surface area contributed by atoms with Crippen LogP contribution in [0.4, 0.5) is 5.69 Å². The molecule has 0 fully saturated rings. The Kier molecular flexibility index (Phi) is 4.12. The predicted molar refractivity (Wildman–Crippen MR) is 80.9 cm³/mol. The van der Waals surface area contributed by atoms with Crippen LogP contribution in [0.3, 0.4) is 0 Å². The lowest BCUT2D eigenvalue weighted by molar-refractivity contribution is 0.824. The van der Waals surface area contributed by atoms with E-state index >= 15 is 0 Å². The number of nitrogen functional groups attached to an aromatic ring is 1. The van der Waals surface area contributed by atoms with Gasteiger partial charge in [0.15, 0.2) is 0 Å². The number of benzene rings is 1. The quantitative estimate of drug-likeness (QED) is 0.872. The molecule has 1 aromatic heterocycles. The Balaban J connectivity index is 2.36. The molecule has 0 amide bonds. The minimum atomic E-state index is 0.795. The maximum Gasteiger partial charge on any atom is 0.133 e. The molecule has 0 saturated heterocycles. The minimum Gasteiger partial charge on any atom is -0.399 e. The van der Waals surface area contributed by atoms with Crippen molar-refractivity contribution in [1.29, 1.82) is 0 Å². The zero-order chi connectivity index (χ0) is 13.8. The molecule has 1 aromatic carbocycles. The first-order valence-corrected chi connectivity index (χ1v) is 6.77. The second-order valence-electron chi connectivity index (χ2n) is 4.27. The van der Waals surface area contributed by atoms with Crippen LogP contribution in [-0.4, -0.2) is 4.57 Å². The molecule has 0 atom stereocenters. The lowest BCUT2D eigenvalue weighted by Crippen LogP contribution is -2.15. The molecule has 0 saturated carbocycles. The summed E-state index contributed by atoms with van der Waals surface area (Å²) in [7, 11) is 1.96. The van der Waals surface area contributed by atoms with E-state index in [0.717, 1.165) is 16.1 Å². The number of aromatic nitrogens is 1. The topological polar surface area (TPSA) is 43.3 Å². The zero-order valence-corrected chi connectivity index (χ0v) is 11.9. The molecule has 0 radical (unpaired) electrons. The van der Waals surface area contributed by atoms with Gasteiger partial charge in [0.2, 0.25) is 0 Å². The largest absolute Gasteiger partial charge is 0.399 e. The number of nitrogens with zero attached hydrogens (tertiary/aromatic N) is 2. The Bertz CT molecular complexity index is 671. The van der Waals surface area contributed by atoms with Crippen LogP contribution >= 0.6 is 11.8 Å². The highest BCUT2D eigenvalue weighted by Gasteiger charge is 2.02. The minimum absolute atomic E-state index is 0.795. The molecule has 0 aliphatic carbocycles. The van der Waals surface area contributed by atoms with Gasteiger partial charge in [0, 0.05) is 34.9 Å². The van der Waals surface area contributed by atoms with Gasteiger partial charge in [0.05, 0.1) is 0 Å². The van der Waals surface area contributed by atoms with Gasteiger partial charge in [-0.2, -0.15) is 0 Å². The molecule has 1 heterocycles. The fourth-order valence-corrected chi connectivity index (χ4v) is 2.64. The molecular formula is C15H17N3S. The van der Waals surface area contributed by atoms with Gasteiger partial charge in [-0.1, -0.05) is 18.3 Å². The van der Waals surface area contributed by atoms with Crippen molar-refractivity contribution < 1.29 is 0 Å². The number of anilines is 1. The van der Waals surface area contributed by atoms with E-state index in [-0.39, 0.29) is 0 Å². The number of aryl methyl sites for hydroxylation is 2. The maximum absolute atomic E-state index is 5.77. The molecule has 4 heteroatoms. The summed E-state index contributed by atoms with van der Waals surface area (Å²) < 4.78 is 1.96. The van der Waals surface area contributed by atoms with Crippen molar-refractivity contribution in [3.63, 3.8) is 0 Å². The smallest absolute Gasteiger partial charge is 0.133 e. The molecular weight excluding hydrogens is 254 g/mol. The van der Waals surface area contributed by atoms with Gasteiger partial charge >= 0.3 is 0 Å². The number of hydrogen-bond acceptors (Lipinski definition) is 3. The van der Waals surface area contributed by atoms with Crippen molar-refractivity contribution in [3.05, 3.63) is 60.4 Å². The van der Waals surface area contributed by atoms with E-state index in [4.69, 9.17) is 5.73 Å². The van der Waals surface area contributed by atoms with Crippen molar-refractivity contribution >= 4 is 17.4 Å². The first kappa shape index (κ1) is 13.5. The van der Waals surface area contributed by atoms with Crippen LogP contribution in [0.15, 0.2) is 64.1 Å². The summed E-state index contributed by atoms with van der Waals surface area (Å²) in [4.78, 5) is 6.59. The van der Waals surface area contributed by atoms with Crippen LogP contribution in [0.5, 0.6) is 0 Å². The fraction of sp³-hybridized carbons (Fsp3) is 0.133. The van der Waals surface area contributed by atoms with Gasteiger partial charge in [0.1, 0.15) is 5.49 Å². The summed E-state index contributed by atoms with van der Waals surface area (Å²) in [5.74, 6) is 0. The summed E-state index contributed by atoms with van der Waals surface area (Å²) in [6.45, 7) is 5.70. The third kappa shape index (κ3) is 3.29. The SMILES string of the molecule is C=C/N=c1/cc(Sc2ccc(N)cc2C)ccn1C. The van der Waals surface area contributed by atoms with Gasteiger partial charge in [-0.05, 0) is 42.8 Å². The fourth-order valence-electron chi connectivity index (χ4n) is 1.74. The van der Waals surface area contributed by atoms with Crippen LogP contribution < -0.4 is 11.2 Å². The molecule has 0 unspecified atom stereocenters. The molecule has 2 N–H and O–H groups in total. The number of hydrogen-bond donors (Lipinski definition) is 1. The van der Waals surface area contributed by atoms with Crippen molar-refractivity contribution in [3.8, 4) is 0 Å². The van der Waals surface area contributed by atoms with Crippen LogP contribution in [0.25, 0.3) is 0 Å². The van der Waals surface area contributed by atoms with E-state index in [0.29, 0.717) is 0 Å². The number of pyridine rings is 1. The van der Waals surface area contributed by atoms with E-state index in [9.17, 15) is 0 Å². The number of nitrogens with two attached hydrogens (primary N) is 1. The second kappa shape index (κ2) is 5.80. The Hall–Kier alpha value is -1.94. The lowest BCUT2D eigenvalue weighted by atomic mass is 10.2. The van der Waals surface area contributed by atoms with Gasteiger partial charge in [-0.15, -0.1) is 0 Å². The van der Waals surface area contributed by atoms with E-state index in [1.54, 1.807) is 18.0 Å². The number of rotatable bonds is 3. The monoisotopic (exact) mass is 271 g/mol. The van der Waals surface area contributed by atoms with Crippen molar-refractivity contribution in [2.75, 3.05) is 5.73 Å². The average molecular weight is 271 g/mol.